The molecule has 0 saturated carbocycles. The molecule has 0 saturated heterocycles. The molecule has 7 heteroatoms. The van der Waals surface area contributed by atoms with Crippen molar-refractivity contribution in [1.82, 2.24) is 9.97 Å². The molecule has 0 aliphatic rings. The van der Waals surface area contributed by atoms with Crippen LogP contribution in [0.1, 0.15) is 26.8 Å². The predicted octanol–water partition coefficient (Wildman–Crippen LogP) is 1.97. The number of H-pyrrole nitrogens is 1. The highest BCUT2D eigenvalue weighted by Crippen LogP contribution is 2.19. The fraction of sp³-hybridized carbons (Fsp3) is 0.250. The molecule has 0 fully saturated rings. The summed E-state index contributed by atoms with van der Waals surface area (Å²) in [6.07, 6.45) is 1.61. The Morgan fingerprint density at radius 2 is 2.21 bits per heavy atom. The number of anilines is 1. The van der Waals surface area contributed by atoms with Gasteiger partial charge in [-0.25, -0.2) is 9.78 Å². The minimum atomic E-state index is -1.07. The molecule has 0 aromatic carbocycles. The molecular weight excluding hydrogens is 266 g/mol. The summed E-state index contributed by atoms with van der Waals surface area (Å²) in [5, 5.41) is 14.4. The van der Waals surface area contributed by atoms with E-state index in [1.165, 1.54) is 17.5 Å². The summed E-state index contributed by atoms with van der Waals surface area (Å²) in [6, 6.07) is 0. The summed E-state index contributed by atoms with van der Waals surface area (Å²) in [7, 11) is 0. The van der Waals surface area contributed by atoms with Gasteiger partial charge in [0, 0.05) is 17.3 Å². The minimum Gasteiger partial charge on any atom is -0.478 e. The number of carboxylic acids is 1. The summed E-state index contributed by atoms with van der Waals surface area (Å²) in [4.78, 5) is 29.9. The van der Waals surface area contributed by atoms with Crippen LogP contribution in [0.2, 0.25) is 0 Å². The van der Waals surface area contributed by atoms with Gasteiger partial charge in [-0.15, -0.1) is 11.3 Å². The van der Waals surface area contributed by atoms with Crippen molar-refractivity contribution in [2.24, 2.45) is 0 Å². The van der Waals surface area contributed by atoms with Gasteiger partial charge in [-0.3, -0.25) is 4.79 Å². The highest BCUT2D eigenvalue weighted by atomic mass is 32.1. The first-order valence-electron chi connectivity index (χ1n) is 5.59. The molecule has 2 aromatic heterocycles. The van der Waals surface area contributed by atoms with Gasteiger partial charge < -0.3 is 15.4 Å². The lowest BCUT2D eigenvalue weighted by Gasteiger charge is -2.03. The average molecular weight is 279 g/mol. The number of aromatic amines is 1. The highest BCUT2D eigenvalue weighted by molar-refractivity contribution is 7.09. The summed E-state index contributed by atoms with van der Waals surface area (Å²) in [5.41, 5.74) is 1.56. The molecule has 2 rings (SSSR count). The van der Waals surface area contributed by atoms with Crippen LogP contribution < -0.4 is 5.32 Å². The number of amides is 1. The monoisotopic (exact) mass is 279 g/mol. The van der Waals surface area contributed by atoms with E-state index in [4.69, 9.17) is 5.11 Å². The Bertz CT molecular complexity index is 630. The molecule has 19 heavy (non-hydrogen) atoms. The summed E-state index contributed by atoms with van der Waals surface area (Å²) < 4.78 is 0. The lowest BCUT2D eigenvalue weighted by atomic mass is 10.2. The quantitative estimate of drug-likeness (QED) is 0.797. The number of carboxylic acid groups (broad SMARTS) is 1. The van der Waals surface area contributed by atoms with Gasteiger partial charge in [-0.2, -0.15) is 0 Å². The SMILES string of the molecule is Cc1nc(CC(=O)Nc2c[nH]c(C)c2C(=O)O)cs1. The number of carbonyl (C=O) groups is 2. The van der Waals surface area contributed by atoms with Gasteiger partial charge >= 0.3 is 5.97 Å². The molecule has 0 radical (unpaired) electrons. The number of carbonyl (C=O) groups excluding carboxylic acids is 1. The van der Waals surface area contributed by atoms with E-state index in [0.29, 0.717) is 11.4 Å². The van der Waals surface area contributed by atoms with E-state index >= 15 is 0 Å². The lowest BCUT2D eigenvalue weighted by Crippen LogP contribution is -2.16. The van der Waals surface area contributed by atoms with Crippen LogP contribution in [0.25, 0.3) is 0 Å². The third-order valence-electron chi connectivity index (χ3n) is 2.57. The first-order chi connectivity index (χ1) is 8.97. The molecule has 6 nitrogen and oxygen atoms in total. The Morgan fingerprint density at radius 3 is 2.79 bits per heavy atom. The molecule has 0 bridgehead atoms. The average Bonchev–Trinajstić information content (AvgIpc) is 2.85. The minimum absolute atomic E-state index is 0.0859. The maximum Gasteiger partial charge on any atom is 0.339 e. The van der Waals surface area contributed by atoms with Crippen LogP contribution in [0, 0.1) is 13.8 Å². The van der Waals surface area contributed by atoms with E-state index in [2.05, 4.69) is 15.3 Å². The van der Waals surface area contributed by atoms with Gasteiger partial charge in [0.15, 0.2) is 0 Å². The van der Waals surface area contributed by atoms with Crippen molar-refractivity contribution in [1.29, 1.82) is 0 Å². The standard InChI is InChI=1S/C12H13N3O3S/c1-6-11(12(17)18)9(4-13-6)15-10(16)3-8-5-19-7(2)14-8/h4-5,13H,3H2,1-2H3,(H,15,16)(H,17,18). The molecule has 0 aliphatic heterocycles. The molecule has 0 spiro atoms. The molecule has 0 unspecified atom stereocenters. The Morgan fingerprint density at radius 1 is 1.47 bits per heavy atom. The first-order valence-corrected chi connectivity index (χ1v) is 6.47. The van der Waals surface area contributed by atoms with Gasteiger partial charge in [-0.05, 0) is 13.8 Å². The van der Waals surface area contributed by atoms with Crippen molar-refractivity contribution in [3.8, 4) is 0 Å². The topological polar surface area (TPSA) is 95.1 Å². The van der Waals surface area contributed by atoms with Crippen LogP contribution in [0.3, 0.4) is 0 Å². The number of hydrogen-bond donors (Lipinski definition) is 3. The molecule has 3 N–H and O–H groups in total. The van der Waals surface area contributed by atoms with Gasteiger partial charge in [-0.1, -0.05) is 0 Å². The molecule has 1 amide bonds. The number of thiazole rings is 1. The second-order valence-corrected chi connectivity index (χ2v) is 5.15. The first kappa shape index (κ1) is 13.3. The van der Waals surface area contributed by atoms with E-state index in [0.717, 1.165) is 5.01 Å². The number of nitrogens with one attached hydrogen (secondary N) is 2. The summed E-state index contributed by atoms with van der Waals surface area (Å²) >= 11 is 1.47. The number of aromatic carboxylic acids is 1. The van der Waals surface area contributed by atoms with Crippen molar-refractivity contribution < 1.29 is 14.7 Å². The Balaban J connectivity index is 2.09. The molecule has 0 atom stereocenters. The van der Waals surface area contributed by atoms with Gasteiger partial charge in [0.1, 0.15) is 5.56 Å². The van der Waals surface area contributed by atoms with Crippen LogP contribution in [-0.4, -0.2) is 27.0 Å². The fourth-order valence-corrected chi connectivity index (χ4v) is 2.36. The number of aryl methyl sites for hydroxylation is 2. The van der Waals surface area contributed by atoms with Crippen LogP contribution in [-0.2, 0) is 11.2 Å². The van der Waals surface area contributed by atoms with Crippen LogP contribution in [0.4, 0.5) is 5.69 Å². The molecule has 2 aromatic rings. The highest BCUT2D eigenvalue weighted by Gasteiger charge is 2.17. The number of aromatic nitrogens is 2. The fourth-order valence-electron chi connectivity index (χ4n) is 1.75. The molecule has 100 valence electrons. The molecule has 0 aliphatic carbocycles. The maximum atomic E-state index is 11.8. The number of rotatable bonds is 4. The van der Waals surface area contributed by atoms with Crippen molar-refractivity contribution in [2.75, 3.05) is 5.32 Å². The van der Waals surface area contributed by atoms with E-state index in [-0.39, 0.29) is 23.6 Å². The maximum absolute atomic E-state index is 11.8. The summed E-state index contributed by atoms with van der Waals surface area (Å²) in [5.74, 6) is -1.36. The number of hydrogen-bond acceptors (Lipinski definition) is 4. The van der Waals surface area contributed by atoms with Crippen molar-refractivity contribution in [3.05, 3.63) is 33.5 Å². The zero-order valence-electron chi connectivity index (χ0n) is 10.5. The Hall–Kier alpha value is -2.15. The van der Waals surface area contributed by atoms with Crippen LogP contribution >= 0.6 is 11.3 Å². The van der Waals surface area contributed by atoms with Crippen molar-refractivity contribution in [2.45, 2.75) is 20.3 Å². The van der Waals surface area contributed by atoms with Gasteiger partial charge in [0.2, 0.25) is 5.91 Å². The smallest absolute Gasteiger partial charge is 0.339 e. The third-order valence-corrected chi connectivity index (χ3v) is 3.40. The zero-order chi connectivity index (χ0) is 14.0. The normalized spacial score (nSPS) is 10.4. The lowest BCUT2D eigenvalue weighted by molar-refractivity contribution is -0.115. The predicted molar refractivity (Wildman–Crippen MR) is 71.7 cm³/mol. The summed E-state index contributed by atoms with van der Waals surface area (Å²) in [6.45, 7) is 3.51. The Kier molecular flexibility index (Phi) is 3.66. The Labute approximate surface area is 113 Å². The van der Waals surface area contributed by atoms with E-state index in [1.807, 2.05) is 12.3 Å². The molecule has 2 heterocycles. The largest absolute Gasteiger partial charge is 0.478 e. The van der Waals surface area contributed by atoms with E-state index in [1.54, 1.807) is 6.92 Å². The van der Waals surface area contributed by atoms with Crippen LogP contribution in [0.15, 0.2) is 11.6 Å². The van der Waals surface area contributed by atoms with Crippen LogP contribution in [0.5, 0.6) is 0 Å². The van der Waals surface area contributed by atoms with Crippen molar-refractivity contribution in [3.63, 3.8) is 0 Å². The van der Waals surface area contributed by atoms with Crippen molar-refractivity contribution >= 4 is 28.9 Å². The second-order valence-electron chi connectivity index (χ2n) is 4.09. The zero-order valence-corrected chi connectivity index (χ0v) is 11.3. The second kappa shape index (κ2) is 5.23. The third kappa shape index (κ3) is 3.00. The molecular formula is C12H13N3O3S. The van der Waals surface area contributed by atoms with E-state index < -0.39 is 5.97 Å². The van der Waals surface area contributed by atoms with E-state index in [9.17, 15) is 9.59 Å². The number of nitrogens with zero attached hydrogens (tertiary/aromatic N) is 1. The van der Waals surface area contributed by atoms with Gasteiger partial charge in [0.05, 0.1) is 22.8 Å². The van der Waals surface area contributed by atoms with Gasteiger partial charge in [0.25, 0.3) is 0 Å².